The monoisotopic (exact) mass is 620 g/mol. The van der Waals surface area contributed by atoms with Gasteiger partial charge in [-0.3, -0.25) is 4.79 Å². The Bertz CT molecular complexity index is 1400. The SMILES string of the molecule is COc1ccc(C(C)C)cc1-c1ccc(C(F)(F)F)cc1CN[C@@H](C)C(NC=O)c1cc(C(F)(F)F)cc(C(F)(F)F)c1. The molecule has 1 unspecified atom stereocenters. The molecule has 3 aromatic rings. The molecule has 0 bridgehead atoms. The van der Waals surface area contributed by atoms with Gasteiger partial charge in [0.05, 0.1) is 29.8 Å². The Kier molecular flexibility index (Phi) is 10.1. The Balaban J connectivity index is 2.08. The van der Waals surface area contributed by atoms with Crippen LogP contribution in [0, 0.1) is 0 Å². The molecule has 0 aromatic heterocycles. The first-order valence-electron chi connectivity index (χ1n) is 13.0. The number of carbonyl (C=O) groups is 1. The first-order chi connectivity index (χ1) is 19.9. The third-order valence-electron chi connectivity index (χ3n) is 6.94. The number of hydrogen-bond donors (Lipinski definition) is 2. The minimum absolute atomic E-state index is 0.0346. The largest absolute Gasteiger partial charge is 0.496 e. The zero-order valence-electron chi connectivity index (χ0n) is 23.4. The number of halogens is 9. The number of benzene rings is 3. The molecule has 0 heterocycles. The van der Waals surface area contributed by atoms with Crippen molar-refractivity contribution in [1.82, 2.24) is 10.6 Å². The summed E-state index contributed by atoms with van der Waals surface area (Å²) >= 11 is 0. The van der Waals surface area contributed by atoms with Gasteiger partial charge in [-0.2, -0.15) is 39.5 Å². The van der Waals surface area contributed by atoms with E-state index in [1.165, 1.54) is 20.1 Å². The Morgan fingerprint density at radius 2 is 1.30 bits per heavy atom. The van der Waals surface area contributed by atoms with Crippen molar-refractivity contribution in [2.75, 3.05) is 7.11 Å². The molecule has 0 fully saturated rings. The summed E-state index contributed by atoms with van der Waals surface area (Å²) in [7, 11) is 1.40. The quantitative estimate of drug-likeness (QED) is 0.177. The van der Waals surface area contributed by atoms with Crippen LogP contribution in [0.4, 0.5) is 39.5 Å². The van der Waals surface area contributed by atoms with E-state index in [9.17, 15) is 44.3 Å². The molecular formula is C30H29F9N2O2. The van der Waals surface area contributed by atoms with E-state index in [-0.39, 0.29) is 30.5 Å². The summed E-state index contributed by atoms with van der Waals surface area (Å²) in [5, 5.41) is 5.10. The number of rotatable bonds is 10. The first kappa shape index (κ1) is 33.8. The molecule has 3 aromatic carbocycles. The van der Waals surface area contributed by atoms with Crippen molar-refractivity contribution in [2.24, 2.45) is 0 Å². The summed E-state index contributed by atoms with van der Waals surface area (Å²) in [6.07, 6.45) is -14.8. The van der Waals surface area contributed by atoms with Crippen LogP contribution in [0.25, 0.3) is 11.1 Å². The Labute approximate surface area is 242 Å². The highest BCUT2D eigenvalue weighted by atomic mass is 19.4. The zero-order chi connectivity index (χ0) is 32.3. The molecule has 1 amide bonds. The zero-order valence-corrected chi connectivity index (χ0v) is 23.4. The highest BCUT2D eigenvalue weighted by molar-refractivity contribution is 5.75. The van der Waals surface area contributed by atoms with Crippen molar-refractivity contribution in [1.29, 1.82) is 0 Å². The summed E-state index contributed by atoms with van der Waals surface area (Å²) in [5.41, 5.74) is -2.74. The minimum Gasteiger partial charge on any atom is -0.496 e. The number of hydrogen-bond acceptors (Lipinski definition) is 3. The predicted molar refractivity (Wildman–Crippen MR) is 142 cm³/mol. The number of alkyl halides is 9. The minimum atomic E-state index is -5.12. The Hall–Kier alpha value is -3.74. The van der Waals surface area contributed by atoms with Crippen LogP contribution in [0.15, 0.2) is 54.6 Å². The van der Waals surface area contributed by atoms with Crippen molar-refractivity contribution in [3.05, 3.63) is 88.0 Å². The van der Waals surface area contributed by atoms with Gasteiger partial charge in [0.2, 0.25) is 6.41 Å². The average Bonchev–Trinajstić information content (AvgIpc) is 2.92. The molecule has 0 radical (unpaired) electrons. The topological polar surface area (TPSA) is 50.4 Å². The molecule has 0 saturated carbocycles. The molecular weight excluding hydrogens is 591 g/mol. The summed E-state index contributed by atoms with van der Waals surface area (Å²) in [6.45, 7) is 4.95. The Morgan fingerprint density at radius 3 is 1.79 bits per heavy atom. The molecule has 2 N–H and O–H groups in total. The predicted octanol–water partition coefficient (Wildman–Crippen LogP) is 8.51. The van der Waals surface area contributed by atoms with Gasteiger partial charge in [-0.05, 0) is 77.6 Å². The molecule has 13 heteroatoms. The van der Waals surface area contributed by atoms with Gasteiger partial charge in [-0.15, -0.1) is 0 Å². The summed E-state index contributed by atoms with van der Waals surface area (Å²) in [4.78, 5) is 11.4. The lowest BCUT2D eigenvalue weighted by atomic mass is 9.92. The lowest BCUT2D eigenvalue weighted by Gasteiger charge is -2.27. The van der Waals surface area contributed by atoms with Crippen LogP contribution >= 0.6 is 0 Å². The molecule has 4 nitrogen and oxygen atoms in total. The third-order valence-corrected chi connectivity index (χ3v) is 6.94. The summed E-state index contributed by atoms with van der Waals surface area (Å²) in [6, 6.07) is 6.86. The van der Waals surface area contributed by atoms with Gasteiger partial charge in [-0.25, -0.2) is 0 Å². The van der Waals surface area contributed by atoms with Crippen LogP contribution < -0.4 is 15.4 Å². The van der Waals surface area contributed by atoms with E-state index in [1.54, 1.807) is 12.1 Å². The van der Waals surface area contributed by atoms with Gasteiger partial charge in [0, 0.05) is 18.2 Å². The second-order valence-corrected chi connectivity index (χ2v) is 10.3. The Morgan fingerprint density at radius 1 is 0.721 bits per heavy atom. The molecule has 2 atom stereocenters. The maximum Gasteiger partial charge on any atom is 0.416 e. The number of methoxy groups -OCH3 is 1. The van der Waals surface area contributed by atoms with Crippen LogP contribution in [-0.2, 0) is 29.9 Å². The number of ether oxygens (including phenoxy) is 1. The molecule has 234 valence electrons. The molecule has 0 aliphatic rings. The van der Waals surface area contributed by atoms with E-state index in [4.69, 9.17) is 4.74 Å². The van der Waals surface area contributed by atoms with Gasteiger partial charge in [0.15, 0.2) is 0 Å². The average molecular weight is 621 g/mol. The van der Waals surface area contributed by atoms with E-state index in [0.717, 1.165) is 17.7 Å². The molecule has 0 saturated heterocycles. The van der Waals surface area contributed by atoms with Gasteiger partial charge >= 0.3 is 18.5 Å². The van der Waals surface area contributed by atoms with E-state index in [1.807, 2.05) is 19.9 Å². The van der Waals surface area contributed by atoms with E-state index in [0.29, 0.717) is 29.0 Å². The van der Waals surface area contributed by atoms with Crippen LogP contribution in [-0.4, -0.2) is 19.6 Å². The maximum absolute atomic E-state index is 13.7. The second kappa shape index (κ2) is 12.9. The highest BCUT2D eigenvalue weighted by Crippen LogP contribution is 2.40. The summed E-state index contributed by atoms with van der Waals surface area (Å²) in [5.74, 6) is 0.451. The standard InChI is InChI=1S/C30H29F9N2O2/c1-16(2)18-5-8-26(43-4)25(12-18)24-7-6-21(28(31,32)33)11-20(24)14-40-17(3)27(41-15-42)19-9-22(29(34,35)36)13-23(10-19)30(37,38)39/h5-13,15-17,27,40H,14H2,1-4H3,(H,41,42)/t17-,27?/m0/s1. The number of amides is 1. The van der Waals surface area contributed by atoms with E-state index >= 15 is 0 Å². The summed E-state index contributed by atoms with van der Waals surface area (Å²) < 4.78 is 127. The first-order valence-corrected chi connectivity index (χ1v) is 13.0. The van der Waals surface area contributed by atoms with Crippen molar-refractivity contribution < 1.29 is 49.0 Å². The van der Waals surface area contributed by atoms with Crippen LogP contribution in [0.3, 0.4) is 0 Å². The molecule has 0 spiro atoms. The van der Waals surface area contributed by atoms with Crippen LogP contribution in [0.5, 0.6) is 5.75 Å². The van der Waals surface area contributed by atoms with Gasteiger partial charge < -0.3 is 15.4 Å². The lowest BCUT2D eigenvalue weighted by Crippen LogP contribution is -2.39. The molecule has 0 aliphatic carbocycles. The smallest absolute Gasteiger partial charge is 0.416 e. The fraction of sp³-hybridized carbons (Fsp3) is 0.367. The van der Waals surface area contributed by atoms with Crippen molar-refractivity contribution in [3.8, 4) is 16.9 Å². The fourth-order valence-electron chi connectivity index (χ4n) is 4.62. The van der Waals surface area contributed by atoms with Crippen molar-refractivity contribution in [3.63, 3.8) is 0 Å². The van der Waals surface area contributed by atoms with Gasteiger partial charge in [-0.1, -0.05) is 26.0 Å². The fourth-order valence-corrected chi connectivity index (χ4v) is 4.62. The van der Waals surface area contributed by atoms with E-state index < -0.39 is 52.9 Å². The highest BCUT2D eigenvalue weighted by Gasteiger charge is 2.38. The molecule has 3 rings (SSSR count). The van der Waals surface area contributed by atoms with Gasteiger partial charge in [0.25, 0.3) is 0 Å². The number of carbonyl (C=O) groups excluding carboxylic acids is 1. The van der Waals surface area contributed by atoms with Crippen LogP contribution in [0.2, 0.25) is 0 Å². The molecule has 43 heavy (non-hydrogen) atoms. The number of nitrogens with one attached hydrogen (secondary N) is 2. The van der Waals surface area contributed by atoms with Crippen LogP contribution in [0.1, 0.15) is 66.1 Å². The molecule has 0 aliphatic heterocycles. The normalized spacial score (nSPS) is 14.0. The van der Waals surface area contributed by atoms with Gasteiger partial charge in [0.1, 0.15) is 5.75 Å². The van der Waals surface area contributed by atoms with E-state index in [2.05, 4.69) is 10.6 Å². The van der Waals surface area contributed by atoms with Crippen molar-refractivity contribution >= 4 is 6.41 Å². The lowest BCUT2D eigenvalue weighted by molar-refractivity contribution is -0.143. The van der Waals surface area contributed by atoms with Crippen molar-refractivity contribution in [2.45, 2.75) is 63.8 Å². The maximum atomic E-state index is 13.7. The second-order valence-electron chi connectivity index (χ2n) is 10.3. The third kappa shape index (κ3) is 8.21.